The number of aromatic amines is 1. The van der Waals surface area contributed by atoms with Gasteiger partial charge in [0, 0.05) is 29.7 Å². The van der Waals surface area contributed by atoms with Crippen LogP contribution in [-0.2, 0) is 9.59 Å². The first-order chi connectivity index (χ1) is 16.2. The van der Waals surface area contributed by atoms with E-state index in [1.54, 1.807) is 6.92 Å². The lowest BCUT2D eigenvalue weighted by molar-refractivity contribution is -0.133. The summed E-state index contributed by atoms with van der Waals surface area (Å²) in [7, 11) is 0. The van der Waals surface area contributed by atoms with E-state index in [0.717, 1.165) is 6.20 Å². The molecule has 1 aromatic heterocycles. The number of nitrogens with zero attached hydrogens (tertiary/aromatic N) is 2. The Morgan fingerprint density at radius 2 is 1.88 bits per heavy atom. The first-order valence-corrected chi connectivity index (χ1v) is 10.2. The van der Waals surface area contributed by atoms with Crippen LogP contribution in [0.25, 0.3) is 11.3 Å². The summed E-state index contributed by atoms with van der Waals surface area (Å²) in [4.78, 5) is 56.7. The molecule has 0 unspecified atom stereocenters. The number of H-pyrrole nitrogens is 1. The standard InChI is InChI=1S/C24H19FN4O5/c1-12-6-20(17(7-15(12)23(26)32)19-9-27-10-21(30)28-19)29-11-18(24(33)34)16(8-22(29)31)13-2-4-14(25)5-3-13/h2-7,9-11,16H,8H2,1H3,(H2,26,32)(H,28,30)(H,33,34)/t16-/m0/s1. The number of nitrogens with one attached hydrogen (secondary N) is 1. The maximum absolute atomic E-state index is 13.4. The van der Waals surface area contributed by atoms with Crippen molar-refractivity contribution in [3.8, 4) is 11.3 Å². The molecule has 0 aliphatic carbocycles. The Balaban J connectivity index is 1.91. The molecule has 0 fully saturated rings. The van der Waals surface area contributed by atoms with Gasteiger partial charge in [-0.25, -0.2) is 9.18 Å². The molecule has 34 heavy (non-hydrogen) atoms. The zero-order valence-electron chi connectivity index (χ0n) is 17.9. The van der Waals surface area contributed by atoms with E-state index >= 15 is 0 Å². The fourth-order valence-corrected chi connectivity index (χ4v) is 3.97. The number of aliphatic carboxylic acids is 1. The first-order valence-electron chi connectivity index (χ1n) is 10.2. The molecule has 3 aromatic rings. The van der Waals surface area contributed by atoms with Crippen molar-refractivity contribution in [3.63, 3.8) is 0 Å². The minimum atomic E-state index is -1.24. The molecule has 1 atom stereocenters. The van der Waals surface area contributed by atoms with Crippen LogP contribution < -0.4 is 16.2 Å². The van der Waals surface area contributed by atoms with Gasteiger partial charge in [0.05, 0.1) is 29.3 Å². The van der Waals surface area contributed by atoms with E-state index in [4.69, 9.17) is 5.73 Å². The summed E-state index contributed by atoms with van der Waals surface area (Å²) < 4.78 is 13.4. The largest absolute Gasteiger partial charge is 0.478 e. The number of nitrogens with two attached hydrogens (primary N) is 1. The lowest BCUT2D eigenvalue weighted by Crippen LogP contribution is -2.35. The monoisotopic (exact) mass is 462 g/mol. The van der Waals surface area contributed by atoms with Gasteiger partial charge in [-0.3, -0.25) is 24.3 Å². The van der Waals surface area contributed by atoms with Crippen LogP contribution in [0.15, 0.2) is 65.4 Å². The third-order valence-electron chi connectivity index (χ3n) is 5.62. The van der Waals surface area contributed by atoms with Crippen LogP contribution in [-0.4, -0.2) is 32.9 Å². The number of anilines is 1. The smallest absolute Gasteiger partial charge is 0.333 e. The summed E-state index contributed by atoms with van der Waals surface area (Å²) in [6.45, 7) is 1.62. The van der Waals surface area contributed by atoms with Crippen molar-refractivity contribution in [1.29, 1.82) is 0 Å². The minimum absolute atomic E-state index is 0.0755. The molecule has 1 aliphatic rings. The van der Waals surface area contributed by atoms with Crippen molar-refractivity contribution in [2.24, 2.45) is 5.73 Å². The Morgan fingerprint density at radius 1 is 1.18 bits per heavy atom. The number of primary amides is 1. The van der Waals surface area contributed by atoms with Gasteiger partial charge in [-0.05, 0) is 42.3 Å². The van der Waals surface area contributed by atoms with E-state index in [1.807, 2.05) is 0 Å². The molecule has 2 amide bonds. The van der Waals surface area contributed by atoms with Gasteiger partial charge in [0.1, 0.15) is 5.82 Å². The Morgan fingerprint density at radius 3 is 2.50 bits per heavy atom. The van der Waals surface area contributed by atoms with E-state index in [9.17, 15) is 28.7 Å². The van der Waals surface area contributed by atoms with Crippen LogP contribution in [0.5, 0.6) is 0 Å². The van der Waals surface area contributed by atoms with E-state index in [0.29, 0.717) is 11.1 Å². The summed E-state index contributed by atoms with van der Waals surface area (Å²) in [5, 5.41) is 9.87. The predicted octanol–water partition coefficient (Wildman–Crippen LogP) is 2.47. The summed E-state index contributed by atoms with van der Waals surface area (Å²) in [6.07, 6.45) is 3.42. The van der Waals surface area contributed by atoms with Gasteiger partial charge in [0.25, 0.3) is 5.56 Å². The number of carbonyl (C=O) groups excluding carboxylic acids is 2. The Labute approximate surface area is 192 Å². The summed E-state index contributed by atoms with van der Waals surface area (Å²) in [5.41, 5.74) is 6.72. The topological polar surface area (TPSA) is 146 Å². The molecule has 0 saturated carbocycles. The molecule has 9 nitrogen and oxygen atoms in total. The van der Waals surface area contributed by atoms with E-state index in [1.165, 1.54) is 53.7 Å². The maximum Gasteiger partial charge on any atom is 0.333 e. The second-order valence-corrected chi connectivity index (χ2v) is 7.82. The van der Waals surface area contributed by atoms with Gasteiger partial charge in [-0.2, -0.15) is 0 Å². The van der Waals surface area contributed by atoms with Gasteiger partial charge in [-0.1, -0.05) is 12.1 Å². The molecule has 2 heterocycles. The number of rotatable bonds is 5. The fraction of sp³-hybridized carbons (Fsp3) is 0.125. The van der Waals surface area contributed by atoms with Crippen molar-refractivity contribution in [2.45, 2.75) is 19.3 Å². The third kappa shape index (κ3) is 4.20. The number of carboxylic acids is 1. The van der Waals surface area contributed by atoms with E-state index < -0.39 is 35.1 Å². The molecule has 1 aliphatic heterocycles. The highest BCUT2D eigenvalue weighted by molar-refractivity contribution is 6.06. The summed E-state index contributed by atoms with van der Waals surface area (Å²) in [5.74, 6) is -3.64. The molecule has 10 heteroatoms. The van der Waals surface area contributed by atoms with Crippen molar-refractivity contribution >= 4 is 23.5 Å². The zero-order chi connectivity index (χ0) is 24.6. The number of hydrogen-bond acceptors (Lipinski definition) is 5. The lowest BCUT2D eigenvalue weighted by Gasteiger charge is -2.31. The van der Waals surface area contributed by atoms with Crippen molar-refractivity contribution < 1.29 is 23.9 Å². The van der Waals surface area contributed by atoms with Crippen molar-refractivity contribution in [3.05, 3.63) is 93.4 Å². The van der Waals surface area contributed by atoms with Gasteiger partial charge in [0.2, 0.25) is 11.8 Å². The van der Waals surface area contributed by atoms with Crippen LogP contribution in [0, 0.1) is 12.7 Å². The second kappa shape index (κ2) is 8.74. The third-order valence-corrected chi connectivity index (χ3v) is 5.62. The van der Waals surface area contributed by atoms with Gasteiger partial charge in [-0.15, -0.1) is 0 Å². The minimum Gasteiger partial charge on any atom is -0.478 e. The Bertz CT molecular complexity index is 1410. The normalized spacial score (nSPS) is 15.7. The van der Waals surface area contributed by atoms with Crippen molar-refractivity contribution in [2.75, 3.05) is 4.90 Å². The van der Waals surface area contributed by atoms with Gasteiger partial charge >= 0.3 is 5.97 Å². The fourth-order valence-electron chi connectivity index (χ4n) is 3.97. The SMILES string of the molecule is Cc1cc(N2C=C(C(=O)O)[C@H](c3ccc(F)cc3)CC2=O)c(-c2cncc(=O)[nH]2)cc1C(N)=O. The predicted molar refractivity (Wildman–Crippen MR) is 121 cm³/mol. The van der Waals surface area contributed by atoms with Crippen LogP contribution >= 0.6 is 0 Å². The number of aryl methyl sites for hydroxylation is 1. The number of halogens is 1. The number of hydrogen-bond donors (Lipinski definition) is 3. The van der Waals surface area contributed by atoms with Crippen LogP contribution in [0.4, 0.5) is 10.1 Å². The molecule has 0 radical (unpaired) electrons. The highest BCUT2D eigenvalue weighted by Gasteiger charge is 2.34. The Hall–Kier alpha value is -4.60. The molecule has 0 spiro atoms. The average molecular weight is 462 g/mol. The van der Waals surface area contributed by atoms with Gasteiger partial charge in [0.15, 0.2) is 0 Å². The second-order valence-electron chi connectivity index (χ2n) is 7.82. The molecule has 4 N–H and O–H groups in total. The quantitative estimate of drug-likeness (QED) is 0.531. The molecular weight excluding hydrogens is 443 g/mol. The molecule has 172 valence electrons. The van der Waals surface area contributed by atoms with Crippen LogP contribution in [0.3, 0.4) is 0 Å². The van der Waals surface area contributed by atoms with Crippen LogP contribution in [0.1, 0.15) is 33.8 Å². The first kappa shape index (κ1) is 22.6. The highest BCUT2D eigenvalue weighted by Crippen LogP contribution is 2.39. The lowest BCUT2D eigenvalue weighted by atomic mass is 9.85. The zero-order valence-corrected chi connectivity index (χ0v) is 17.9. The van der Waals surface area contributed by atoms with E-state index in [2.05, 4.69) is 9.97 Å². The number of amides is 2. The summed E-state index contributed by atoms with van der Waals surface area (Å²) >= 11 is 0. The molecule has 0 bridgehead atoms. The molecular formula is C24H19FN4O5. The highest BCUT2D eigenvalue weighted by atomic mass is 19.1. The number of benzene rings is 2. The number of carboxylic acid groups (broad SMARTS) is 1. The molecule has 2 aromatic carbocycles. The molecule has 4 rings (SSSR count). The summed E-state index contributed by atoms with van der Waals surface area (Å²) in [6, 6.07) is 8.23. The van der Waals surface area contributed by atoms with Crippen LogP contribution in [0.2, 0.25) is 0 Å². The maximum atomic E-state index is 13.4. The number of aromatic nitrogens is 2. The molecule has 0 saturated heterocycles. The Kier molecular flexibility index (Phi) is 5.80. The number of carbonyl (C=O) groups is 3. The average Bonchev–Trinajstić information content (AvgIpc) is 2.79. The van der Waals surface area contributed by atoms with E-state index in [-0.39, 0.29) is 34.5 Å². The van der Waals surface area contributed by atoms with Crippen molar-refractivity contribution in [1.82, 2.24) is 9.97 Å². The van der Waals surface area contributed by atoms with Gasteiger partial charge < -0.3 is 15.8 Å².